The summed E-state index contributed by atoms with van der Waals surface area (Å²) < 4.78 is 9.54. The molecular formula is C11H22N2O5. The van der Waals surface area contributed by atoms with Gasteiger partial charge in [-0.1, -0.05) is 0 Å². The molecule has 4 N–H and O–H groups in total. The maximum atomic E-state index is 11.6. The fourth-order valence-corrected chi connectivity index (χ4v) is 1.24. The van der Waals surface area contributed by atoms with Gasteiger partial charge < -0.3 is 14.6 Å². The van der Waals surface area contributed by atoms with Crippen molar-refractivity contribution in [2.75, 3.05) is 13.7 Å². The van der Waals surface area contributed by atoms with Crippen molar-refractivity contribution in [2.45, 2.75) is 44.9 Å². The van der Waals surface area contributed by atoms with Gasteiger partial charge in [0.15, 0.2) is 5.66 Å². The quantitative estimate of drug-likeness (QED) is 0.479. The van der Waals surface area contributed by atoms with E-state index in [2.05, 4.69) is 10.1 Å². The predicted molar refractivity (Wildman–Crippen MR) is 64.6 cm³/mol. The van der Waals surface area contributed by atoms with Gasteiger partial charge in [-0.3, -0.25) is 11.1 Å². The first-order chi connectivity index (χ1) is 8.14. The molecule has 0 heterocycles. The Labute approximate surface area is 107 Å². The Balaban J connectivity index is 4.69. The van der Waals surface area contributed by atoms with Crippen molar-refractivity contribution in [1.29, 1.82) is 0 Å². The lowest BCUT2D eigenvalue weighted by molar-refractivity contribution is -0.148. The van der Waals surface area contributed by atoms with Crippen LogP contribution in [0, 0.1) is 0 Å². The number of hydrogen-bond acceptors (Lipinski definition) is 6. The van der Waals surface area contributed by atoms with Gasteiger partial charge in [-0.05, 0) is 33.6 Å². The van der Waals surface area contributed by atoms with Crippen LogP contribution in [0.1, 0.15) is 33.6 Å². The summed E-state index contributed by atoms with van der Waals surface area (Å²) in [7, 11) is 1.17. The number of alkyl carbamates (subject to hydrolysis) is 1. The van der Waals surface area contributed by atoms with Gasteiger partial charge in [-0.25, -0.2) is 9.59 Å². The summed E-state index contributed by atoms with van der Waals surface area (Å²) in [5.41, 5.74) is 3.37. The van der Waals surface area contributed by atoms with E-state index in [1.165, 1.54) is 7.11 Å². The average Bonchev–Trinajstić information content (AvgIpc) is 2.22. The largest absolute Gasteiger partial charge is 0.466 e. The van der Waals surface area contributed by atoms with Gasteiger partial charge >= 0.3 is 12.1 Å². The van der Waals surface area contributed by atoms with E-state index in [4.69, 9.17) is 15.6 Å². The zero-order valence-electron chi connectivity index (χ0n) is 11.3. The van der Waals surface area contributed by atoms with Crippen LogP contribution in [-0.4, -0.2) is 42.1 Å². The van der Waals surface area contributed by atoms with Gasteiger partial charge in [0, 0.05) is 6.61 Å². The number of carbonyl (C=O) groups excluding carboxylic acids is 2. The number of nitrogens with two attached hydrogens (primary N) is 1. The van der Waals surface area contributed by atoms with Gasteiger partial charge in [-0.2, -0.15) is 0 Å². The molecule has 7 nitrogen and oxygen atoms in total. The zero-order valence-corrected chi connectivity index (χ0v) is 11.3. The molecule has 0 aliphatic carbocycles. The van der Waals surface area contributed by atoms with Crippen molar-refractivity contribution in [3.05, 3.63) is 0 Å². The maximum absolute atomic E-state index is 11.6. The van der Waals surface area contributed by atoms with Crippen LogP contribution in [0.25, 0.3) is 0 Å². The van der Waals surface area contributed by atoms with Gasteiger partial charge in [0.25, 0.3) is 0 Å². The Morgan fingerprint density at radius 3 is 2.28 bits per heavy atom. The molecule has 0 bridgehead atoms. The third-order valence-corrected chi connectivity index (χ3v) is 2.00. The number of rotatable bonds is 5. The molecule has 0 aliphatic rings. The Morgan fingerprint density at radius 2 is 1.89 bits per heavy atom. The fraction of sp³-hybridized carbons (Fsp3) is 0.818. The van der Waals surface area contributed by atoms with Gasteiger partial charge in [-0.15, -0.1) is 0 Å². The zero-order chi connectivity index (χ0) is 14.4. The standard InChI is InChI=1S/C11H22N2O5/c1-10(2,3)18-9(16)13-11(12,6-5-7-14)8(15)17-4/h14H,5-7,12H2,1-4H3,(H,13,16). The normalized spacial score (nSPS) is 14.6. The number of aliphatic hydroxyl groups is 1. The number of hydrogen-bond donors (Lipinski definition) is 3. The van der Waals surface area contributed by atoms with Crippen LogP contribution < -0.4 is 11.1 Å². The van der Waals surface area contributed by atoms with E-state index in [-0.39, 0.29) is 19.4 Å². The summed E-state index contributed by atoms with van der Waals surface area (Å²) >= 11 is 0. The highest BCUT2D eigenvalue weighted by Gasteiger charge is 2.37. The number of aliphatic hydroxyl groups excluding tert-OH is 1. The maximum Gasteiger partial charge on any atom is 0.409 e. The van der Waals surface area contributed by atoms with Gasteiger partial charge in [0.1, 0.15) is 5.60 Å². The Morgan fingerprint density at radius 1 is 1.33 bits per heavy atom. The highest BCUT2D eigenvalue weighted by Crippen LogP contribution is 2.12. The number of esters is 1. The molecule has 0 saturated carbocycles. The number of amides is 1. The molecule has 1 unspecified atom stereocenters. The SMILES string of the molecule is COC(=O)C(N)(CCCO)NC(=O)OC(C)(C)C. The molecule has 1 atom stereocenters. The Hall–Kier alpha value is -1.34. The molecule has 18 heavy (non-hydrogen) atoms. The second kappa shape index (κ2) is 6.55. The number of carbonyl (C=O) groups is 2. The highest BCUT2D eigenvalue weighted by molar-refractivity contribution is 5.85. The minimum Gasteiger partial charge on any atom is -0.466 e. The third kappa shape index (κ3) is 5.83. The first kappa shape index (κ1) is 16.7. The molecule has 0 spiro atoms. The minimum atomic E-state index is -1.69. The summed E-state index contributed by atoms with van der Waals surface area (Å²) in [6.07, 6.45) is -0.509. The van der Waals surface area contributed by atoms with Crippen molar-refractivity contribution in [2.24, 2.45) is 5.73 Å². The summed E-state index contributed by atoms with van der Waals surface area (Å²) in [5, 5.41) is 11.0. The molecule has 0 aliphatic heterocycles. The van der Waals surface area contributed by atoms with Crippen LogP contribution >= 0.6 is 0 Å². The van der Waals surface area contributed by atoms with Gasteiger partial charge in [0.05, 0.1) is 7.11 Å². The molecular weight excluding hydrogens is 240 g/mol. The number of methoxy groups -OCH3 is 1. The number of nitrogens with one attached hydrogen (secondary N) is 1. The van der Waals surface area contributed by atoms with Crippen LogP contribution in [0.3, 0.4) is 0 Å². The lowest BCUT2D eigenvalue weighted by Crippen LogP contribution is -2.62. The van der Waals surface area contributed by atoms with E-state index in [1.807, 2.05) is 0 Å². The van der Waals surface area contributed by atoms with Crippen LogP contribution in [0.5, 0.6) is 0 Å². The molecule has 106 valence electrons. The molecule has 1 amide bonds. The van der Waals surface area contributed by atoms with E-state index in [0.29, 0.717) is 0 Å². The smallest absolute Gasteiger partial charge is 0.409 e. The molecule has 0 aromatic rings. The molecule has 0 rings (SSSR count). The molecule has 0 aromatic heterocycles. The van der Waals surface area contributed by atoms with Crippen LogP contribution in [0.4, 0.5) is 4.79 Å². The van der Waals surface area contributed by atoms with Crippen LogP contribution in [-0.2, 0) is 14.3 Å². The average molecular weight is 262 g/mol. The lowest BCUT2D eigenvalue weighted by atomic mass is 10.1. The Bertz CT molecular complexity index is 300. The van der Waals surface area contributed by atoms with Crippen molar-refractivity contribution in [1.82, 2.24) is 5.32 Å². The summed E-state index contributed by atoms with van der Waals surface area (Å²) in [4.78, 5) is 23.1. The molecule has 7 heteroatoms. The first-order valence-electron chi connectivity index (χ1n) is 5.64. The van der Waals surface area contributed by atoms with Crippen LogP contribution in [0.15, 0.2) is 0 Å². The van der Waals surface area contributed by atoms with E-state index < -0.39 is 23.3 Å². The van der Waals surface area contributed by atoms with Gasteiger partial charge in [0.2, 0.25) is 0 Å². The summed E-state index contributed by atoms with van der Waals surface area (Å²) in [6, 6.07) is 0. The third-order valence-electron chi connectivity index (χ3n) is 2.00. The van der Waals surface area contributed by atoms with Crippen molar-refractivity contribution in [3.63, 3.8) is 0 Å². The number of ether oxygens (including phenoxy) is 2. The summed E-state index contributed by atoms with van der Waals surface area (Å²) in [6.45, 7) is 4.93. The topological polar surface area (TPSA) is 111 Å². The lowest BCUT2D eigenvalue weighted by Gasteiger charge is -2.29. The monoisotopic (exact) mass is 262 g/mol. The highest BCUT2D eigenvalue weighted by atomic mass is 16.6. The Kier molecular flexibility index (Phi) is 6.07. The van der Waals surface area contributed by atoms with E-state index >= 15 is 0 Å². The van der Waals surface area contributed by atoms with Crippen molar-refractivity contribution < 1.29 is 24.2 Å². The van der Waals surface area contributed by atoms with Crippen molar-refractivity contribution >= 4 is 12.1 Å². The molecule has 0 saturated heterocycles. The second-order valence-corrected chi connectivity index (χ2v) is 4.92. The second-order valence-electron chi connectivity index (χ2n) is 4.92. The fourth-order valence-electron chi connectivity index (χ4n) is 1.24. The predicted octanol–water partition coefficient (Wildman–Crippen LogP) is 0.112. The molecule has 0 radical (unpaired) electrons. The summed E-state index contributed by atoms with van der Waals surface area (Å²) in [5.74, 6) is -0.790. The van der Waals surface area contributed by atoms with E-state index in [9.17, 15) is 9.59 Å². The van der Waals surface area contributed by atoms with E-state index in [0.717, 1.165) is 0 Å². The molecule has 0 aromatic carbocycles. The van der Waals surface area contributed by atoms with E-state index in [1.54, 1.807) is 20.8 Å². The molecule has 0 fully saturated rings. The first-order valence-corrected chi connectivity index (χ1v) is 5.64. The van der Waals surface area contributed by atoms with Crippen LogP contribution in [0.2, 0.25) is 0 Å². The minimum absolute atomic E-state index is 0.0510. The van der Waals surface area contributed by atoms with Crippen molar-refractivity contribution in [3.8, 4) is 0 Å².